The van der Waals surface area contributed by atoms with Crippen molar-refractivity contribution in [1.82, 2.24) is 10.6 Å². The van der Waals surface area contributed by atoms with Crippen LogP contribution < -0.4 is 10.6 Å². The molecule has 0 aliphatic rings. The summed E-state index contributed by atoms with van der Waals surface area (Å²) < 4.78 is 4.93. The maximum atomic E-state index is 11.7. The lowest BCUT2D eigenvalue weighted by molar-refractivity contribution is -0.121. The number of carbonyl (C=O) groups excluding carboxylic acids is 1. The van der Waals surface area contributed by atoms with E-state index in [1.165, 1.54) is 16.7 Å². The van der Waals surface area contributed by atoms with Crippen molar-refractivity contribution < 1.29 is 9.53 Å². The summed E-state index contributed by atoms with van der Waals surface area (Å²) in [7, 11) is 1.68. The van der Waals surface area contributed by atoms with Gasteiger partial charge < -0.3 is 15.4 Å². The van der Waals surface area contributed by atoms with E-state index < -0.39 is 0 Å². The monoisotopic (exact) mass is 278 g/mol. The van der Waals surface area contributed by atoms with Crippen molar-refractivity contribution in [2.45, 2.75) is 26.7 Å². The Kier molecular flexibility index (Phi) is 7.92. The molecule has 112 valence electrons. The van der Waals surface area contributed by atoms with Crippen LogP contribution in [0.1, 0.15) is 23.1 Å². The SMILES string of the molecule is COCCNCCNC(=O)CCc1ccc(C)cc1C. The molecule has 0 unspecified atom stereocenters. The fourth-order valence-electron chi connectivity index (χ4n) is 2.05. The Labute approximate surface area is 121 Å². The molecular weight excluding hydrogens is 252 g/mol. The minimum absolute atomic E-state index is 0.110. The molecule has 20 heavy (non-hydrogen) atoms. The van der Waals surface area contributed by atoms with Crippen molar-refractivity contribution in [2.24, 2.45) is 0 Å². The molecule has 0 heterocycles. The van der Waals surface area contributed by atoms with Crippen LogP contribution in [0.25, 0.3) is 0 Å². The molecule has 0 bridgehead atoms. The molecule has 4 nitrogen and oxygen atoms in total. The second kappa shape index (κ2) is 9.50. The summed E-state index contributed by atoms with van der Waals surface area (Å²) in [5.41, 5.74) is 3.78. The predicted molar refractivity (Wildman–Crippen MR) is 82.0 cm³/mol. The minimum atomic E-state index is 0.110. The van der Waals surface area contributed by atoms with Gasteiger partial charge in [-0.15, -0.1) is 0 Å². The van der Waals surface area contributed by atoms with Crippen LogP contribution in [0, 0.1) is 13.8 Å². The Morgan fingerprint density at radius 1 is 1.20 bits per heavy atom. The van der Waals surface area contributed by atoms with Gasteiger partial charge in [-0.2, -0.15) is 0 Å². The Morgan fingerprint density at radius 2 is 2.00 bits per heavy atom. The van der Waals surface area contributed by atoms with Gasteiger partial charge in [-0.25, -0.2) is 0 Å². The molecule has 0 atom stereocenters. The van der Waals surface area contributed by atoms with Crippen LogP contribution in [-0.2, 0) is 16.0 Å². The van der Waals surface area contributed by atoms with Crippen molar-refractivity contribution in [3.63, 3.8) is 0 Å². The van der Waals surface area contributed by atoms with Crippen molar-refractivity contribution in [3.05, 3.63) is 34.9 Å². The Bertz CT molecular complexity index is 419. The van der Waals surface area contributed by atoms with Crippen LogP contribution in [0.3, 0.4) is 0 Å². The Hall–Kier alpha value is -1.39. The second-order valence-corrected chi connectivity index (χ2v) is 5.02. The molecule has 0 fully saturated rings. The van der Waals surface area contributed by atoms with Crippen LogP contribution in [0.4, 0.5) is 0 Å². The van der Waals surface area contributed by atoms with E-state index >= 15 is 0 Å². The number of benzene rings is 1. The van der Waals surface area contributed by atoms with Crippen molar-refractivity contribution in [2.75, 3.05) is 33.4 Å². The average molecular weight is 278 g/mol. The smallest absolute Gasteiger partial charge is 0.220 e. The third-order valence-electron chi connectivity index (χ3n) is 3.23. The van der Waals surface area contributed by atoms with E-state index in [9.17, 15) is 4.79 Å². The highest BCUT2D eigenvalue weighted by atomic mass is 16.5. The Morgan fingerprint density at radius 3 is 2.70 bits per heavy atom. The number of nitrogens with one attached hydrogen (secondary N) is 2. The summed E-state index contributed by atoms with van der Waals surface area (Å²) in [6.07, 6.45) is 1.34. The largest absolute Gasteiger partial charge is 0.383 e. The lowest BCUT2D eigenvalue weighted by atomic mass is 10.0. The quantitative estimate of drug-likeness (QED) is 0.674. The van der Waals surface area contributed by atoms with Gasteiger partial charge >= 0.3 is 0 Å². The zero-order chi connectivity index (χ0) is 14.8. The van der Waals surface area contributed by atoms with Crippen LogP contribution in [0.5, 0.6) is 0 Å². The van der Waals surface area contributed by atoms with E-state index in [2.05, 4.69) is 42.7 Å². The summed E-state index contributed by atoms with van der Waals surface area (Å²) in [6, 6.07) is 6.37. The number of aryl methyl sites for hydroxylation is 3. The van der Waals surface area contributed by atoms with E-state index in [0.29, 0.717) is 19.6 Å². The second-order valence-electron chi connectivity index (χ2n) is 5.02. The van der Waals surface area contributed by atoms with Crippen molar-refractivity contribution >= 4 is 5.91 Å². The zero-order valence-corrected chi connectivity index (χ0v) is 12.8. The van der Waals surface area contributed by atoms with Gasteiger partial charge in [-0.3, -0.25) is 4.79 Å². The number of methoxy groups -OCH3 is 1. The van der Waals surface area contributed by atoms with E-state index in [1.807, 2.05) is 0 Å². The fraction of sp³-hybridized carbons (Fsp3) is 0.562. The first kappa shape index (κ1) is 16.7. The maximum Gasteiger partial charge on any atom is 0.220 e. The average Bonchev–Trinajstić information content (AvgIpc) is 2.41. The molecule has 4 heteroatoms. The third-order valence-corrected chi connectivity index (χ3v) is 3.23. The summed E-state index contributed by atoms with van der Waals surface area (Å²) in [5, 5.41) is 6.11. The fourth-order valence-corrected chi connectivity index (χ4v) is 2.05. The molecule has 0 aliphatic heterocycles. The predicted octanol–water partition coefficient (Wildman–Crippen LogP) is 1.59. The summed E-state index contributed by atoms with van der Waals surface area (Å²) in [6.45, 7) is 7.13. The molecule has 1 aromatic rings. The van der Waals surface area contributed by atoms with E-state index in [-0.39, 0.29) is 5.91 Å². The number of carbonyl (C=O) groups is 1. The van der Waals surface area contributed by atoms with Crippen LogP contribution in [-0.4, -0.2) is 39.3 Å². The summed E-state index contributed by atoms with van der Waals surface area (Å²) in [5.74, 6) is 0.110. The first-order valence-electron chi connectivity index (χ1n) is 7.16. The van der Waals surface area contributed by atoms with Crippen LogP contribution in [0.15, 0.2) is 18.2 Å². The van der Waals surface area contributed by atoms with Gasteiger partial charge in [0.15, 0.2) is 0 Å². The highest BCUT2D eigenvalue weighted by Gasteiger charge is 2.04. The van der Waals surface area contributed by atoms with Gasteiger partial charge in [0.2, 0.25) is 5.91 Å². The molecule has 2 N–H and O–H groups in total. The highest BCUT2D eigenvalue weighted by molar-refractivity contribution is 5.76. The lowest BCUT2D eigenvalue weighted by Gasteiger charge is -2.08. The molecule has 0 spiro atoms. The third kappa shape index (κ3) is 6.68. The van der Waals surface area contributed by atoms with Crippen LogP contribution >= 0.6 is 0 Å². The zero-order valence-electron chi connectivity index (χ0n) is 12.8. The van der Waals surface area contributed by atoms with E-state index in [0.717, 1.165) is 19.5 Å². The van der Waals surface area contributed by atoms with Gasteiger partial charge in [0.1, 0.15) is 0 Å². The van der Waals surface area contributed by atoms with Crippen molar-refractivity contribution in [1.29, 1.82) is 0 Å². The summed E-state index contributed by atoms with van der Waals surface area (Å²) in [4.78, 5) is 11.7. The minimum Gasteiger partial charge on any atom is -0.383 e. The Balaban J connectivity index is 2.16. The molecule has 1 aromatic carbocycles. The van der Waals surface area contributed by atoms with E-state index in [1.54, 1.807) is 7.11 Å². The number of hydrogen-bond donors (Lipinski definition) is 2. The highest BCUT2D eigenvalue weighted by Crippen LogP contribution is 2.12. The standard InChI is InChI=1S/C16H26N2O2/c1-13-4-5-15(14(2)12-13)6-7-16(19)18-9-8-17-10-11-20-3/h4-5,12,17H,6-11H2,1-3H3,(H,18,19). The number of amides is 1. The molecule has 0 aromatic heterocycles. The first-order chi connectivity index (χ1) is 9.63. The van der Waals surface area contributed by atoms with E-state index in [4.69, 9.17) is 4.74 Å². The number of rotatable bonds is 9. The molecule has 0 aliphatic carbocycles. The van der Waals surface area contributed by atoms with Gasteiger partial charge in [0.25, 0.3) is 0 Å². The van der Waals surface area contributed by atoms with Gasteiger partial charge in [0.05, 0.1) is 6.61 Å². The molecule has 1 rings (SSSR count). The lowest BCUT2D eigenvalue weighted by Crippen LogP contribution is -2.33. The molecule has 0 saturated carbocycles. The van der Waals surface area contributed by atoms with Gasteiger partial charge in [-0.1, -0.05) is 23.8 Å². The van der Waals surface area contributed by atoms with Crippen molar-refractivity contribution in [3.8, 4) is 0 Å². The normalized spacial score (nSPS) is 10.6. The maximum absolute atomic E-state index is 11.7. The molecule has 1 amide bonds. The molecule has 0 saturated heterocycles. The molecular formula is C16H26N2O2. The topological polar surface area (TPSA) is 50.4 Å². The number of hydrogen-bond acceptors (Lipinski definition) is 3. The van der Waals surface area contributed by atoms with Gasteiger partial charge in [0, 0.05) is 33.2 Å². The summed E-state index contributed by atoms with van der Waals surface area (Å²) >= 11 is 0. The van der Waals surface area contributed by atoms with Crippen LogP contribution in [0.2, 0.25) is 0 Å². The first-order valence-corrected chi connectivity index (χ1v) is 7.16. The molecule has 0 radical (unpaired) electrons. The number of ether oxygens (including phenoxy) is 1. The van der Waals surface area contributed by atoms with Gasteiger partial charge in [-0.05, 0) is 31.4 Å².